The molecule has 7 aromatic rings. The number of nitrogens with zero attached hydrogens (tertiary/aromatic N) is 4. The summed E-state index contributed by atoms with van der Waals surface area (Å²) in [5.74, 6) is -2.29. The molecule has 0 unspecified atom stereocenters. The molecule has 0 radical (unpaired) electrons. The van der Waals surface area contributed by atoms with Gasteiger partial charge in [0.2, 0.25) is 0 Å². The first kappa shape index (κ1) is 48.1. The molecule has 0 saturated carbocycles. The molecule has 0 aliphatic heterocycles. The summed E-state index contributed by atoms with van der Waals surface area (Å²) in [5.41, 5.74) is -0.415. The summed E-state index contributed by atoms with van der Waals surface area (Å²) in [5, 5.41) is 58.2. The zero-order chi connectivity index (χ0) is 40.2. The molecule has 0 bridgehead atoms. The van der Waals surface area contributed by atoms with Crippen LogP contribution in [0.5, 0.6) is 17.2 Å². The second-order valence-corrected chi connectivity index (χ2v) is 16.3. The van der Waals surface area contributed by atoms with Crippen molar-refractivity contribution in [3.05, 3.63) is 109 Å². The zero-order valence-electron chi connectivity index (χ0n) is 30.9. The molecule has 59 heavy (non-hydrogen) atoms. The van der Waals surface area contributed by atoms with Gasteiger partial charge in [-0.3, -0.25) is 13.7 Å². The minimum Gasteiger partial charge on any atom is -0.872 e. The van der Waals surface area contributed by atoms with Crippen LogP contribution in [0.3, 0.4) is 0 Å². The first-order chi connectivity index (χ1) is 26.4. The van der Waals surface area contributed by atoms with Crippen LogP contribution in [0.4, 0.5) is 34.1 Å². The van der Waals surface area contributed by atoms with Gasteiger partial charge in [-0.2, -0.15) is 35.5 Å². The monoisotopic (exact) mass is 881 g/mol. The van der Waals surface area contributed by atoms with Crippen molar-refractivity contribution >= 4 is 96.8 Å². The van der Waals surface area contributed by atoms with Gasteiger partial charge < -0.3 is 20.6 Å². The maximum Gasteiger partial charge on any atom is 1.00 e. The summed E-state index contributed by atoms with van der Waals surface area (Å²) < 4.78 is 101. The summed E-state index contributed by atoms with van der Waals surface area (Å²) in [4.78, 5) is -2.15. The van der Waals surface area contributed by atoms with Crippen LogP contribution in [-0.4, -0.2) is 38.9 Å². The molecule has 23 heteroatoms. The van der Waals surface area contributed by atoms with Crippen molar-refractivity contribution in [1.29, 1.82) is 0 Å². The van der Waals surface area contributed by atoms with Gasteiger partial charge in [-0.05, 0) is 105 Å². The van der Waals surface area contributed by atoms with Crippen molar-refractivity contribution in [3.8, 4) is 17.2 Å². The summed E-state index contributed by atoms with van der Waals surface area (Å²) in [7, 11) is -14.5. The average molecular weight is 882 g/mol. The van der Waals surface area contributed by atoms with Gasteiger partial charge in [0.25, 0.3) is 30.4 Å². The Hall–Kier alpha value is -3.55. The van der Waals surface area contributed by atoms with E-state index in [1.165, 1.54) is 72.8 Å². The van der Waals surface area contributed by atoms with Crippen molar-refractivity contribution < 1.29 is 143 Å². The number of benzene rings is 7. The molecule has 7 aromatic carbocycles. The van der Waals surface area contributed by atoms with E-state index >= 15 is 0 Å². The van der Waals surface area contributed by atoms with Gasteiger partial charge in [0.1, 0.15) is 9.79 Å². The number of hydrogen-bond acceptors (Lipinski definition) is 14. The Bertz CT molecular complexity index is 3190. The van der Waals surface area contributed by atoms with Crippen molar-refractivity contribution in [2.75, 3.05) is 5.32 Å². The molecular weight excluding hydrogens is 860 g/mol. The van der Waals surface area contributed by atoms with Crippen LogP contribution in [0, 0.1) is 0 Å². The van der Waals surface area contributed by atoms with Crippen molar-refractivity contribution in [1.82, 2.24) is 0 Å². The third-order valence-corrected chi connectivity index (χ3v) is 10.9. The summed E-state index contributed by atoms with van der Waals surface area (Å²) >= 11 is 0. The second kappa shape index (κ2) is 18.6. The van der Waals surface area contributed by atoms with E-state index < -0.39 is 73.7 Å². The van der Waals surface area contributed by atoms with Crippen LogP contribution in [0.15, 0.2) is 144 Å². The third kappa shape index (κ3) is 10.5. The Morgan fingerprint density at radius 3 is 1.39 bits per heavy atom. The predicted molar refractivity (Wildman–Crippen MR) is 198 cm³/mol. The number of anilines is 2. The first-order valence-corrected chi connectivity index (χ1v) is 20.1. The maximum absolute atomic E-state index is 13.5. The van der Waals surface area contributed by atoms with Gasteiger partial charge in [0, 0.05) is 11.4 Å². The van der Waals surface area contributed by atoms with Crippen LogP contribution in [-0.2, 0) is 30.4 Å². The van der Waals surface area contributed by atoms with Gasteiger partial charge in [-0.15, -0.1) is 10.2 Å². The Morgan fingerprint density at radius 1 is 0.458 bits per heavy atom. The second-order valence-electron chi connectivity index (χ2n) is 12.1. The number of hydrogen-bond donors (Lipinski definition) is 4. The van der Waals surface area contributed by atoms with Crippen LogP contribution >= 0.6 is 0 Å². The third-order valence-electron chi connectivity index (χ3n) is 8.38. The molecule has 0 aliphatic carbocycles. The van der Waals surface area contributed by atoms with E-state index in [9.17, 15) is 54.2 Å². The number of nitrogens with one attached hydrogen (secondary N) is 1. The van der Waals surface area contributed by atoms with E-state index in [4.69, 9.17) is 0 Å². The Morgan fingerprint density at radius 2 is 0.898 bits per heavy atom. The van der Waals surface area contributed by atoms with E-state index in [1.807, 2.05) is 0 Å². The molecule has 0 fully saturated rings. The van der Waals surface area contributed by atoms with Gasteiger partial charge in [-0.1, -0.05) is 53.6 Å². The predicted octanol–water partition coefficient (Wildman–Crippen LogP) is -2.31. The number of fused-ring (bicyclic) bond motifs is 3. The molecule has 284 valence electrons. The molecule has 0 amide bonds. The first-order valence-electron chi connectivity index (χ1n) is 15.8. The minimum atomic E-state index is -5.03. The van der Waals surface area contributed by atoms with Crippen molar-refractivity contribution in [2.24, 2.45) is 20.5 Å². The molecule has 0 heterocycles. The Balaban J connectivity index is 0.00000256. The fourth-order valence-electron chi connectivity index (χ4n) is 5.78. The Kier molecular flexibility index (Phi) is 15.2. The summed E-state index contributed by atoms with van der Waals surface area (Å²) in [6, 6.07) is 24.2. The van der Waals surface area contributed by atoms with E-state index in [0.29, 0.717) is 11.4 Å². The van der Waals surface area contributed by atoms with Gasteiger partial charge in [-0.25, -0.2) is 0 Å². The van der Waals surface area contributed by atoms with Gasteiger partial charge in [0.15, 0.2) is 0 Å². The topological polar surface area (TPSA) is 294 Å². The fourth-order valence-corrected chi connectivity index (χ4v) is 7.62. The number of rotatable bonds is 9. The van der Waals surface area contributed by atoms with E-state index in [2.05, 4.69) is 25.8 Å². The summed E-state index contributed by atoms with van der Waals surface area (Å²) in [6.45, 7) is 0. The molecule has 7 rings (SSSR count). The SMILES string of the molecule is O=S(=O)(O)c1cc([O-])c2ccc(Nc3ccc4c([O-])c(N=Nc5ccc(N=Nc6c(S(=O)(=O)O)cc7ccccc7c6[O-])cc5)c(S(=O)(=O)O)cc4c3)cc2c1.[Na+].[Na+].[Na+]. The largest absolute Gasteiger partial charge is 1.00 e. The standard InChI is InChI=1S/C36H25N5O12S3.3Na/c42-30-18-26(54(45,46)47)15-20-13-24(9-11-27(20)30)37-25-10-12-29-21(14-25)17-32(56(51,52)53)34(36(29)44)41-39-23-7-5-22(6-8-23)38-40-33-31(55(48,49)50)16-19-3-1-2-4-28(19)35(33)43;;;/h1-18,37,42-44H,(H,45,46,47)(H,48,49,50)(H,51,52,53);;;/q;3*+1/p-3. The van der Waals surface area contributed by atoms with Crippen LogP contribution in [0.2, 0.25) is 0 Å². The van der Waals surface area contributed by atoms with Crippen LogP contribution < -0.4 is 109 Å². The number of azo groups is 2. The fraction of sp³-hybridized carbons (Fsp3) is 0. The summed E-state index contributed by atoms with van der Waals surface area (Å²) in [6.07, 6.45) is 0. The molecule has 0 atom stereocenters. The average Bonchev–Trinajstić information content (AvgIpc) is 3.13. The molecule has 4 N–H and O–H groups in total. The van der Waals surface area contributed by atoms with Crippen LogP contribution in [0.25, 0.3) is 32.3 Å². The Labute approximate surface area is 402 Å². The van der Waals surface area contributed by atoms with E-state index in [0.717, 1.165) is 24.3 Å². The van der Waals surface area contributed by atoms with Gasteiger partial charge in [0.05, 0.1) is 27.6 Å². The van der Waals surface area contributed by atoms with Crippen LogP contribution in [0.1, 0.15) is 0 Å². The molecular formula is C36H22N5Na3O12S3. The zero-order valence-corrected chi connectivity index (χ0v) is 39.4. The quantitative estimate of drug-likeness (QED) is 0.0675. The van der Waals surface area contributed by atoms with E-state index in [-0.39, 0.29) is 132 Å². The smallest absolute Gasteiger partial charge is 0.872 e. The normalized spacial score (nSPS) is 12.1. The molecule has 0 spiro atoms. The van der Waals surface area contributed by atoms with Crippen molar-refractivity contribution in [2.45, 2.75) is 14.7 Å². The minimum absolute atomic E-state index is 0. The molecule has 0 aromatic heterocycles. The molecule has 0 aliphatic rings. The molecule has 0 saturated heterocycles. The molecule has 17 nitrogen and oxygen atoms in total. The van der Waals surface area contributed by atoms with E-state index in [1.54, 1.807) is 12.1 Å². The maximum atomic E-state index is 13.5. The van der Waals surface area contributed by atoms with Crippen molar-refractivity contribution in [3.63, 3.8) is 0 Å². The van der Waals surface area contributed by atoms with Gasteiger partial charge >= 0.3 is 88.7 Å².